The zero-order chi connectivity index (χ0) is 13.4. The molecule has 0 aliphatic heterocycles. The number of benzene rings is 1. The van der Waals surface area contributed by atoms with Crippen LogP contribution in [0, 0.1) is 0 Å². The molecule has 2 aromatic rings. The minimum absolute atomic E-state index is 0.0792. The molecule has 4 nitrogen and oxygen atoms in total. The fourth-order valence-electron chi connectivity index (χ4n) is 1.18. The molecule has 6 heteroatoms. The Kier molecular flexibility index (Phi) is 6.39. The van der Waals surface area contributed by atoms with Crippen molar-refractivity contribution in [3.63, 3.8) is 0 Å². The fraction of sp³-hybridized carbons (Fsp3) is 0.250. The third-order valence-corrected chi connectivity index (χ3v) is 2.21. The lowest BCUT2D eigenvalue weighted by Crippen LogP contribution is -2.04. The Hall–Kier alpha value is -1.39. The quantitative estimate of drug-likeness (QED) is 0.931. The van der Waals surface area contributed by atoms with Gasteiger partial charge in [0.1, 0.15) is 0 Å². The maximum absolute atomic E-state index is 5.65. The molecule has 0 atom stereocenters. The van der Waals surface area contributed by atoms with Crippen LogP contribution in [0.2, 0.25) is 10.6 Å². The van der Waals surface area contributed by atoms with Crippen LogP contribution >= 0.6 is 23.2 Å². The second kappa shape index (κ2) is 7.84. The van der Waals surface area contributed by atoms with Crippen LogP contribution in [0.4, 0.5) is 5.95 Å². The van der Waals surface area contributed by atoms with Crippen LogP contribution in [0.1, 0.15) is 19.4 Å². The van der Waals surface area contributed by atoms with Crippen molar-refractivity contribution in [2.24, 2.45) is 0 Å². The van der Waals surface area contributed by atoms with E-state index in [1.807, 2.05) is 44.2 Å². The van der Waals surface area contributed by atoms with Crippen LogP contribution < -0.4 is 5.32 Å². The van der Waals surface area contributed by atoms with Crippen molar-refractivity contribution in [2.45, 2.75) is 20.4 Å². The number of anilines is 1. The number of nitrogens with zero attached hydrogens (tertiary/aromatic N) is 3. The summed E-state index contributed by atoms with van der Waals surface area (Å²) in [5, 5.41) is 3.17. The summed E-state index contributed by atoms with van der Waals surface area (Å²) in [6.07, 6.45) is 0. The summed E-state index contributed by atoms with van der Waals surface area (Å²) >= 11 is 11.3. The van der Waals surface area contributed by atoms with E-state index < -0.39 is 0 Å². The molecule has 1 aromatic heterocycles. The molecule has 96 valence electrons. The van der Waals surface area contributed by atoms with Crippen molar-refractivity contribution < 1.29 is 0 Å². The lowest BCUT2D eigenvalue weighted by Gasteiger charge is -2.04. The molecular weight excluding hydrogens is 271 g/mol. The van der Waals surface area contributed by atoms with Gasteiger partial charge in [-0.05, 0) is 28.8 Å². The maximum atomic E-state index is 5.65. The minimum atomic E-state index is 0.0792. The molecule has 0 fully saturated rings. The number of hydrogen-bond acceptors (Lipinski definition) is 4. The van der Waals surface area contributed by atoms with Gasteiger partial charge in [0.25, 0.3) is 0 Å². The van der Waals surface area contributed by atoms with Gasteiger partial charge in [0.15, 0.2) is 0 Å². The van der Waals surface area contributed by atoms with Gasteiger partial charge in [-0.15, -0.1) is 0 Å². The van der Waals surface area contributed by atoms with Gasteiger partial charge in [0.05, 0.1) is 0 Å². The number of halogens is 2. The summed E-state index contributed by atoms with van der Waals surface area (Å²) in [5.41, 5.74) is 1.12. The third-order valence-electron chi connectivity index (χ3n) is 1.87. The van der Waals surface area contributed by atoms with Gasteiger partial charge in [0, 0.05) is 6.54 Å². The lowest BCUT2D eigenvalue weighted by molar-refractivity contribution is 1.00. The van der Waals surface area contributed by atoms with Crippen molar-refractivity contribution >= 4 is 29.2 Å². The zero-order valence-corrected chi connectivity index (χ0v) is 11.7. The van der Waals surface area contributed by atoms with E-state index in [2.05, 4.69) is 20.3 Å². The fourth-order valence-corrected chi connectivity index (χ4v) is 1.55. The van der Waals surface area contributed by atoms with E-state index in [0.717, 1.165) is 5.56 Å². The molecule has 0 amide bonds. The van der Waals surface area contributed by atoms with E-state index >= 15 is 0 Å². The van der Waals surface area contributed by atoms with Gasteiger partial charge >= 0.3 is 0 Å². The molecule has 2 rings (SSSR count). The van der Waals surface area contributed by atoms with Crippen LogP contribution in [-0.4, -0.2) is 15.0 Å². The molecule has 0 aliphatic carbocycles. The Morgan fingerprint density at radius 3 is 2.06 bits per heavy atom. The van der Waals surface area contributed by atoms with Crippen molar-refractivity contribution in [2.75, 3.05) is 5.32 Å². The average Bonchev–Trinajstić information content (AvgIpc) is 2.39. The molecule has 0 aliphatic rings. The van der Waals surface area contributed by atoms with E-state index in [-0.39, 0.29) is 10.6 Å². The van der Waals surface area contributed by atoms with Crippen LogP contribution in [0.15, 0.2) is 30.3 Å². The van der Waals surface area contributed by atoms with Gasteiger partial charge in [-0.2, -0.15) is 15.0 Å². The standard InChI is InChI=1S/C10H8Cl2N4.C2H6/c11-8-14-9(12)16-10(15-8)13-6-7-4-2-1-3-5-7;1-2/h1-5H,6H2,(H,13,14,15,16);1-2H3. The number of nitrogens with one attached hydrogen (secondary N) is 1. The number of hydrogen-bond donors (Lipinski definition) is 1. The molecule has 0 bridgehead atoms. The molecule has 0 radical (unpaired) electrons. The Morgan fingerprint density at radius 2 is 1.50 bits per heavy atom. The Labute approximate surface area is 116 Å². The predicted octanol–water partition coefficient (Wildman–Crippen LogP) is 3.82. The van der Waals surface area contributed by atoms with Gasteiger partial charge in [-0.25, -0.2) is 0 Å². The van der Waals surface area contributed by atoms with E-state index in [0.29, 0.717) is 12.5 Å². The van der Waals surface area contributed by atoms with Gasteiger partial charge < -0.3 is 5.32 Å². The van der Waals surface area contributed by atoms with Crippen molar-refractivity contribution in [1.82, 2.24) is 15.0 Å². The Morgan fingerprint density at radius 1 is 0.944 bits per heavy atom. The highest BCUT2D eigenvalue weighted by Crippen LogP contribution is 2.10. The first-order chi connectivity index (χ1) is 8.74. The molecule has 18 heavy (non-hydrogen) atoms. The third kappa shape index (κ3) is 4.85. The zero-order valence-electron chi connectivity index (χ0n) is 10.2. The van der Waals surface area contributed by atoms with Crippen molar-refractivity contribution in [3.05, 3.63) is 46.5 Å². The highest BCUT2D eigenvalue weighted by atomic mass is 35.5. The van der Waals surface area contributed by atoms with Gasteiger partial charge in [-0.3, -0.25) is 0 Å². The van der Waals surface area contributed by atoms with Gasteiger partial charge in [-0.1, -0.05) is 44.2 Å². The molecule has 1 heterocycles. The number of rotatable bonds is 3. The summed E-state index contributed by atoms with van der Waals surface area (Å²) in [7, 11) is 0. The van der Waals surface area contributed by atoms with E-state index in [1.54, 1.807) is 0 Å². The first-order valence-electron chi connectivity index (χ1n) is 5.59. The normalized spacial score (nSPS) is 9.33. The van der Waals surface area contributed by atoms with Crippen molar-refractivity contribution in [3.8, 4) is 0 Å². The first-order valence-corrected chi connectivity index (χ1v) is 6.34. The molecule has 0 saturated carbocycles. The van der Waals surface area contributed by atoms with E-state index in [4.69, 9.17) is 23.2 Å². The summed E-state index contributed by atoms with van der Waals surface area (Å²) in [5.74, 6) is 0.369. The van der Waals surface area contributed by atoms with Crippen LogP contribution in [0.25, 0.3) is 0 Å². The molecule has 1 aromatic carbocycles. The monoisotopic (exact) mass is 284 g/mol. The van der Waals surface area contributed by atoms with E-state index in [1.165, 1.54) is 0 Å². The predicted molar refractivity (Wildman–Crippen MR) is 75.0 cm³/mol. The largest absolute Gasteiger partial charge is 0.350 e. The molecule has 0 spiro atoms. The average molecular weight is 285 g/mol. The molecule has 1 N–H and O–H groups in total. The highest BCUT2D eigenvalue weighted by molar-refractivity contribution is 6.31. The minimum Gasteiger partial charge on any atom is -0.350 e. The smallest absolute Gasteiger partial charge is 0.228 e. The van der Waals surface area contributed by atoms with Crippen LogP contribution in [0.5, 0.6) is 0 Å². The van der Waals surface area contributed by atoms with E-state index in [9.17, 15) is 0 Å². The summed E-state index contributed by atoms with van der Waals surface area (Å²) in [6.45, 7) is 4.61. The number of aromatic nitrogens is 3. The summed E-state index contributed by atoms with van der Waals surface area (Å²) in [4.78, 5) is 11.5. The SMILES string of the molecule is CC.Clc1nc(Cl)nc(NCc2ccccc2)n1. The highest BCUT2D eigenvalue weighted by Gasteiger charge is 2.02. The topological polar surface area (TPSA) is 50.7 Å². The first kappa shape index (κ1) is 14.7. The van der Waals surface area contributed by atoms with Crippen LogP contribution in [0.3, 0.4) is 0 Å². The van der Waals surface area contributed by atoms with Gasteiger partial charge in [0.2, 0.25) is 16.5 Å². The maximum Gasteiger partial charge on any atom is 0.228 e. The molecule has 0 unspecified atom stereocenters. The Balaban J connectivity index is 0.000000771. The molecular formula is C12H14Cl2N4. The lowest BCUT2D eigenvalue weighted by atomic mass is 10.2. The summed E-state index contributed by atoms with van der Waals surface area (Å²) < 4.78 is 0. The van der Waals surface area contributed by atoms with Crippen molar-refractivity contribution in [1.29, 1.82) is 0 Å². The summed E-state index contributed by atoms with van der Waals surface area (Å²) in [6, 6.07) is 9.88. The second-order valence-electron chi connectivity index (χ2n) is 3.04. The van der Waals surface area contributed by atoms with Crippen LogP contribution in [-0.2, 0) is 6.54 Å². The second-order valence-corrected chi connectivity index (χ2v) is 3.71. The Bertz CT molecular complexity index is 457. The molecule has 0 saturated heterocycles.